The first-order valence-electron chi connectivity index (χ1n) is 14.8. The number of furan rings is 1. The van der Waals surface area contributed by atoms with Crippen LogP contribution in [0.25, 0.3) is 0 Å². The Morgan fingerprint density at radius 2 is 1.79 bits per heavy atom. The number of aliphatic hydroxyl groups excluding tert-OH is 1. The number of aliphatic hydroxyl groups is 1. The molecule has 3 heterocycles. The predicted octanol–water partition coefficient (Wildman–Crippen LogP) is 5.13. The zero-order valence-electron chi connectivity index (χ0n) is 23.2. The van der Waals surface area contributed by atoms with Crippen molar-refractivity contribution < 1.29 is 33.1 Å². The van der Waals surface area contributed by atoms with Gasteiger partial charge in [0, 0.05) is 6.04 Å². The molecule has 3 aliphatic carbocycles. The summed E-state index contributed by atoms with van der Waals surface area (Å²) >= 11 is 6.04. The summed E-state index contributed by atoms with van der Waals surface area (Å²) in [5.41, 5.74) is -0.292. The van der Waals surface area contributed by atoms with Gasteiger partial charge in [-0.15, -0.1) is 0 Å². The molecule has 0 radical (unpaired) electrons. The van der Waals surface area contributed by atoms with Gasteiger partial charge in [-0.2, -0.15) is 0 Å². The van der Waals surface area contributed by atoms with Gasteiger partial charge in [-0.1, -0.05) is 42.5 Å². The van der Waals surface area contributed by atoms with Crippen LogP contribution in [-0.2, 0) is 25.8 Å². The molecular weight excluding hydrogens is 563 g/mol. The molecule has 1 N–H and O–H groups in total. The van der Waals surface area contributed by atoms with E-state index in [9.17, 15) is 28.7 Å². The average molecular weight is 595 g/mol. The van der Waals surface area contributed by atoms with Crippen LogP contribution in [0.3, 0.4) is 0 Å². The Kier molecular flexibility index (Phi) is 6.47. The van der Waals surface area contributed by atoms with Crippen molar-refractivity contribution in [3.63, 3.8) is 0 Å². The summed E-state index contributed by atoms with van der Waals surface area (Å²) in [5, 5.41) is 9.53. The van der Waals surface area contributed by atoms with Crippen LogP contribution in [0.15, 0.2) is 46.4 Å². The van der Waals surface area contributed by atoms with Crippen LogP contribution in [0.4, 0.5) is 10.1 Å². The second kappa shape index (κ2) is 9.88. The fourth-order valence-corrected chi connectivity index (χ4v) is 8.72. The molecule has 0 bridgehead atoms. The van der Waals surface area contributed by atoms with Crippen LogP contribution >= 0.6 is 11.6 Å². The van der Waals surface area contributed by atoms with E-state index < -0.39 is 52.6 Å². The van der Waals surface area contributed by atoms with Gasteiger partial charge in [0.25, 0.3) is 0 Å². The number of anilines is 1. The quantitative estimate of drug-likeness (QED) is 0.388. The standard InChI is InChI=1S/C32H32ClFN2O6/c1-32-22(29(39)36(31(32)41)17-7-11-24(34)23(33)13-17)14-21-19(27(32)25-12-8-18(15-37)42-25)9-10-20-26(21)30(40)35(28(20)38)16-5-3-2-4-6-16/h7-9,11-13,16,20-22,26-27,37H,2-6,10,14-15H2,1H3. The molecule has 6 atom stereocenters. The van der Waals surface area contributed by atoms with E-state index in [2.05, 4.69) is 0 Å². The van der Waals surface area contributed by atoms with Crippen molar-refractivity contribution in [2.75, 3.05) is 4.90 Å². The van der Waals surface area contributed by atoms with E-state index in [1.807, 2.05) is 6.08 Å². The normalized spacial score (nSPS) is 33.1. The lowest BCUT2D eigenvalue weighted by atomic mass is 9.52. The minimum Gasteiger partial charge on any atom is -0.463 e. The van der Waals surface area contributed by atoms with E-state index in [0.717, 1.165) is 48.6 Å². The van der Waals surface area contributed by atoms with Crippen LogP contribution in [0.5, 0.6) is 0 Å². The fourth-order valence-electron chi connectivity index (χ4n) is 8.54. The Morgan fingerprint density at radius 3 is 2.48 bits per heavy atom. The number of allylic oxidation sites excluding steroid dienone is 2. The number of carbonyl (C=O) groups excluding carboxylic acids is 4. The first kappa shape index (κ1) is 27.5. The number of imide groups is 2. The molecule has 7 rings (SSSR count). The first-order chi connectivity index (χ1) is 20.2. The predicted molar refractivity (Wildman–Crippen MR) is 149 cm³/mol. The third kappa shape index (κ3) is 3.75. The topological polar surface area (TPSA) is 108 Å². The van der Waals surface area contributed by atoms with Crippen LogP contribution in [0.1, 0.15) is 69.3 Å². The Balaban J connectivity index is 1.33. The number of fused-ring (bicyclic) bond motifs is 4. The Bertz CT molecular complexity index is 1540. The second-order valence-electron chi connectivity index (χ2n) is 12.6. The molecule has 2 aliphatic heterocycles. The van der Waals surface area contributed by atoms with Crippen LogP contribution in [0.2, 0.25) is 5.02 Å². The van der Waals surface area contributed by atoms with Crippen molar-refractivity contribution in [1.29, 1.82) is 0 Å². The summed E-state index contributed by atoms with van der Waals surface area (Å²) in [6.07, 6.45) is 7.25. The SMILES string of the molecule is CC12C(=O)N(c3ccc(F)c(Cl)c3)C(=O)C1CC1C(=CCC3C(=O)N(C4CCCCC4)C(=O)C31)C2c1ccc(CO)o1. The minimum absolute atomic E-state index is 0.0944. The highest BCUT2D eigenvalue weighted by molar-refractivity contribution is 6.31. The number of rotatable bonds is 4. The Hall–Kier alpha value is -3.30. The summed E-state index contributed by atoms with van der Waals surface area (Å²) in [5.74, 6) is -4.23. The van der Waals surface area contributed by atoms with Gasteiger partial charge in [0.2, 0.25) is 23.6 Å². The van der Waals surface area contributed by atoms with E-state index in [1.165, 1.54) is 17.0 Å². The van der Waals surface area contributed by atoms with Gasteiger partial charge in [-0.05, 0) is 68.9 Å². The molecule has 4 fully saturated rings. The number of halogens is 2. The summed E-state index contributed by atoms with van der Waals surface area (Å²) in [4.78, 5) is 58.8. The first-order valence-corrected chi connectivity index (χ1v) is 15.1. The minimum atomic E-state index is -1.29. The van der Waals surface area contributed by atoms with E-state index in [4.69, 9.17) is 16.0 Å². The molecule has 2 saturated carbocycles. The van der Waals surface area contributed by atoms with Crippen molar-refractivity contribution in [2.24, 2.45) is 29.1 Å². The van der Waals surface area contributed by atoms with Gasteiger partial charge in [0.15, 0.2) is 0 Å². The van der Waals surface area contributed by atoms with Crippen LogP contribution in [0, 0.1) is 34.9 Å². The van der Waals surface area contributed by atoms with Crippen molar-refractivity contribution in [3.8, 4) is 0 Å². The van der Waals surface area contributed by atoms with Gasteiger partial charge < -0.3 is 9.52 Å². The number of amides is 4. The second-order valence-corrected chi connectivity index (χ2v) is 13.0. The van der Waals surface area contributed by atoms with E-state index in [1.54, 1.807) is 19.1 Å². The third-order valence-corrected chi connectivity index (χ3v) is 10.8. The highest BCUT2D eigenvalue weighted by atomic mass is 35.5. The van der Waals surface area contributed by atoms with Crippen LogP contribution in [-0.4, -0.2) is 39.7 Å². The van der Waals surface area contributed by atoms with Gasteiger partial charge in [0.05, 0.1) is 39.8 Å². The molecule has 8 nitrogen and oxygen atoms in total. The zero-order chi connectivity index (χ0) is 29.5. The highest BCUT2D eigenvalue weighted by Crippen LogP contribution is 2.64. The van der Waals surface area contributed by atoms with Gasteiger partial charge in [-0.3, -0.25) is 24.1 Å². The summed E-state index contributed by atoms with van der Waals surface area (Å²) < 4.78 is 20.0. The van der Waals surface area contributed by atoms with Gasteiger partial charge in [0.1, 0.15) is 23.9 Å². The van der Waals surface area contributed by atoms with Crippen molar-refractivity contribution in [1.82, 2.24) is 4.90 Å². The molecule has 1 aromatic heterocycles. The van der Waals surface area contributed by atoms with Crippen molar-refractivity contribution in [2.45, 2.75) is 70.4 Å². The lowest BCUT2D eigenvalue weighted by molar-refractivity contribution is -0.144. The number of benzene rings is 1. The van der Waals surface area contributed by atoms with E-state index in [0.29, 0.717) is 17.9 Å². The van der Waals surface area contributed by atoms with Crippen molar-refractivity contribution in [3.05, 3.63) is 64.3 Å². The molecule has 2 aromatic rings. The molecule has 4 amide bonds. The number of hydrogen-bond acceptors (Lipinski definition) is 6. The number of likely N-dealkylation sites (tertiary alicyclic amines) is 1. The van der Waals surface area contributed by atoms with E-state index in [-0.39, 0.29) is 41.6 Å². The zero-order valence-corrected chi connectivity index (χ0v) is 24.0. The smallest absolute Gasteiger partial charge is 0.241 e. The molecule has 5 aliphatic rings. The monoisotopic (exact) mass is 594 g/mol. The van der Waals surface area contributed by atoms with Crippen LogP contribution < -0.4 is 4.90 Å². The summed E-state index contributed by atoms with van der Waals surface area (Å²) in [6.45, 7) is 1.41. The maximum absolute atomic E-state index is 14.3. The fraction of sp³-hybridized carbons (Fsp3) is 0.500. The largest absolute Gasteiger partial charge is 0.463 e. The maximum Gasteiger partial charge on any atom is 0.241 e. The molecule has 42 heavy (non-hydrogen) atoms. The molecular formula is C32H32ClFN2O6. The Labute approximate surface area is 247 Å². The van der Waals surface area contributed by atoms with E-state index >= 15 is 0 Å². The lowest BCUT2D eigenvalue weighted by Crippen LogP contribution is -2.49. The molecule has 2 saturated heterocycles. The maximum atomic E-state index is 14.3. The summed E-state index contributed by atoms with van der Waals surface area (Å²) in [6, 6.07) is 6.99. The molecule has 10 heteroatoms. The number of carbonyl (C=O) groups is 4. The highest BCUT2D eigenvalue weighted by Gasteiger charge is 2.68. The number of nitrogens with zero attached hydrogens (tertiary/aromatic N) is 2. The van der Waals surface area contributed by atoms with Crippen molar-refractivity contribution >= 4 is 40.9 Å². The third-order valence-electron chi connectivity index (χ3n) is 10.5. The number of hydrogen-bond donors (Lipinski definition) is 1. The molecule has 6 unspecified atom stereocenters. The molecule has 1 aromatic carbocycles. The molecule has 0 spiro atoms. The van der Waals surface area contributed by atoms with Gasteiger partial charge >= 0.3 is 0 Å². The summed E-state index contributed by atoms with van der Waals surface area (Å²) in [7, 11) is 0. The lowest BCUT2D eigenvalue weighted by Gasteiger charge is -2.48. The Morgan fingerprint density at radius 1 is 1.02 bits per heavy atom. The molecule has 220 valence electrons. The average Bonchev–Trinajstić information content (AvgIpc) is 3.61. The van der Waals surface area contributed by atoms with Gasteiger partial charge in [-0.25, -0.2) is 9.29 Å².